The average Bonchev–Trinajstić information content (AvgIpc) is 3.17. The quantitative estimate of drug-likeness (QED) is 0.698. The van der Waals surface area contributed by atoms with Crippen LogP contribution in [0.15, 0.2) is 57.9 Å². The van der Waals surface area contributed by atoms with Crippen molar-refractivity contribution in [3.05, 3.63) is 65.4 Å². The summed E-state index contributed by atoms with van der Waals surface area (Å²) in [6.45, 7) is 5.59. The van der Waals surface area contributed by atoms with E-state index in [-0.39, 0.29) is 6.04 Å². The lowest BCUT2D eigenvalue weighted by molar-refractivity contribution is 0.427. The van der Waals surface area contributed by atoms with Crippen molar-refractivity contribution in [3.63, 3.8) is 0 Å². The number of para-hydroxylation sites is 1. The Morgan fingerprint density at radius 3 is 2.62 bits per heavy atom. The van der Waals surface area contributed by atoms with E-state index in [4.69, 9.17) is 4.52 Å². The van der Waals surface area contributed by atoms with Crippen LogP contribution in [0.5, 0.6) is 0 Å². The normalized spacial score (nSPS) is 16.7. The van der Waals surface area contributed by atoms with Gasteiger partial charge in [0.05, 0.1) is 16.3 Å². The van der Waals surface area contributed by atoms with Crippen LogP contribution in [-0.4, -0.2) is 19.6 Å². The Hall–Kier alpha value is -2.60. The molecular formula is C20H20N2O3S. The molecule has 0 bridgehead atoms. The number of hydrogen-bond acceptors (Lipinski definition) is 4. The number of aryl methyl sites for hydroxylation is 2. The summed E-state index contributed by atoms with van der Waals surface area (Å²) in [5, 5.41) is 3.89. The summed E-state index contributed by atoms with van der Waals surface area (Å²) in [6.07, 6.45) is 0.718. The molecule has 2 aromatic carbocycles. The molecule has 0 aliphatic carbocycles. The molecule has 0 spiro atoms. The number of fused-ring (bicyclic) bond motifs is 1. The Labute approximate surface area is 153 Å². The summed E-state index contributed by atoms with van der Waals surface area (Å²) in [5.74, 6) is 0.564. The van der Waals surface area contributed by atoms with Crippen LogP contribution < -0.4 is 4.31 Å². The third kappa shape index (κ3) is 2.61. The topological polar surface area (TPSA) is 63.4 Å². The Morgan fingerprint density at radius 2 is 1.88 bits per heavy atom. The summed E-state index contributed by atoms with van der Waals surface area (Å²) in [6, 6.07) is 14.7. The number of rotatable bonds is 3. The maximum Gasteiger partial charge on any atom is 0.264 e. The van der Waals surface area contributed by atoms with E-state index >= 15 is 0 Å². The minimum Gasteiger partial charge on any atom is -0.356 e. The zero-order chi connectivity index (χ0) is 18.5. The SMILES string of the molecule is Cc1cc(-c2ccc(C)c(S(=O)(=O)N3c4ccccc4C[C@H]3C)c2)on1. The van der Waals surface area contributed by atoms with Crippen molar-refractivity contribution in [3.8, 4) is 11.3 Å². The molecule has 0 N–H and O–H groups in total. The van der Waals surface area contributed by atoms with Crippen LogP contribution in [-0.2, 0) is 16.4 Å². The number of aromatic nitrogens is 1. The number of benzene rings is 2. The highest BCUT2D eigenvalue weighted by molar-refractivity contribution is 7.93. The largest absolute Gasteiger partial charge is 0.356 e. The molecule has 5 nitrogen and oxygen atoms in total. The van der Waals surface area contributed by atoms with E-state index in [9.17, 15) is 8.42 Å². The monoisotopic (exact) mass is 368 g/mol. The van der Waals surface area contributed by atoms with E-state index in [1.165, 1.54) is 0 Å². The molecule has 1 atom stereocenters. The van der Waals surface area contributed by atoms with Gasteiger partial charge < -0.3 is 4.52 Å². The van der Waals surface area contributed by atoms with E-state index < -0.39 is 10.0 Å². The van der Waals surface area contributed by atoms with Gasteiger partial charge in [-0.05, 0) is 50.5 Å². The molecule has 4 rings (SSSR count). The van der Waals surface area contributed by atoms with Gasteiger partial charge in [0.15, 0.2) is 5.76 Å². The van der Waals surface area contributed by atoms with Crippen molar-refractivity contribution in [2.24, 2.45) is 0 Å². The van der Waals surface area contributed by atoms with Gasteiger partial charge in [-0.15, -0.1) is 0 Å². The van der Waals surface area contributed by atoms with Crippen molar-refractivity contribution in [2.45, 2.75) is 38.1 Å². The van der Waals surface area contributed by atoms with Crippen LogP contribution in [0.25, 0.3) is 11.3 Å². The number of nitrogens with zero attached hydrogens (tertiary/aromatic N) is 2. The molecule has 0 amide bonds. The Morgan fingerprint density at radius 1 is 1.12 bits per heavy atom. The highest BCUT2D eigenvalue weighted by atomic mass is 32.2. The Kier molecular flexibility index (Phi) is 3.88. The van der Waals surface area contributed by atoms with Gasteiger partial charge in [-0.1, -0.05) is 35.5 Å². The highest BCUT2D eigenvalue weighted by Crippen LogP contribution is 2.38. The van der Waals surface area contributed by atoms with Crippen molar-refractivity contribution < 1.29 is 12.9 Å². The van der Waals surface area contributed by atoms with Gasteiger partial charge in [-0.2, -0.15) is 0 Å². The molecule has 26 heavy (non-hydrogen) atoms. The summed E-state index contributed by atoms with van der Waals surface area (Å²) in [5.41, 5.74) is 3.99. The van der Waals surface area contributed by atoms with E-state index in [1.54, 1.807) is 16.4 Å². The number of sulfonamides is 1. The lowest BCUT2D eigenvalue weighted by Crippen LogP contribution is -2.36. The lowest BCUT2D eigenvalue weighted by Gasteiger charge is -2.25. The van der Waals surface area contributed by atoms with Gasteiger partial charge in [-0.25, -0.2) is 8.42 Å². The second-order valence-corrected chi connectivity index (χ2v) is 8.58. The molecule has 0 radical (unpaired) electrons. The van der Waals surface area contributed by atoms with Crippen molar-refractivity contribution in [1.82, 2.24) is 5.16 Å². The first kappa shape index (κ1) is 16.8. The molecule has 1 aliphatic heterocycles. The fourth-order valence-electron chi connectivity index (χ4n) is 3.54. The van der Waals surface area contributed by atoms with Crippen molar-refractivity contribution >= 4 is 15.7 Å². The molecule has 0 unspecified atom stereocenters. The molecule has 3 aromatic rings. The van der Waals surface area contributed by atoms with Crippen molar-refractivity contribution in [1.29, 1.82) is 0 Å². The molecular weight excluding hydrogens is 348 g/mol. The second kappa shape index (κ2) is 5.99. The van der Waals surface area contributed by atoms with Crippen LogP contribution in [0, 0.1) is 13.8 Å². The van der Waals surface area contributed by atoms with Gasteiger partial charge in [0, 0.05) is 17.7 Å². The summed E-state index contributed by atoms with van der Waals surface area (Å²) < 4.78 is 33.8. The summed E-state index contributed by atoms with van der Waals surface area (Å²) in [7, 11) is -3.68. The molecule has 0 saturated carbocycles. The average molecular weight is 368 g/mol. The van der Waals surface area contributed by atoms with E-state index in [0.717, 1.165) is 23.4 Å². The third-order valence-corrected chi connectivity index (χ3v) is 6.85. The van der Waals surface area contributed by atoms with E-state index in [0.29, 0.717) is 21.8 Å². The predicted molar refractivity (Wildman–Crippen MR) is 101 cm³/mol. The summed E-state index contributed by atoms with van der Waals surface area (Å²) >= 11 is 0. The number of hydrogen-bond donors (Lipinski definition) is 0. The fourth-order valence-corrected chi connectivity index (χ4v) is 5.49. The minimum absolute atomic E-state index is 0.118. The molecule has 1 aromatic heterocycles. The Balaban J connectivity index is 1.84. The lowest BCUT2D eigenvalue weighted by atomic mass is 10.1. The predicted octanol–water partition coefficient (Wildman–Crippen LogP) is 4.10. The molecule has 2 heterocycles. The van der Waals surface area contributed by atoms with Gasteiger partial charge in [-0.3, -0.25) is 4.31 Å². The van der Waals surface area contributed by atoms with Crippen LogP contribution in [0.3, 0.4) is 0 Å². The molecule has 134 valence electrons. The molecule has 1 aliphatic rings. The smallest absolute Gasteiger partial charge is 0.264 e. The van der Waals surface area contributed by atoms with Gasteiger partial charge in [0.25, 0.3) is 10.0 Å². The standard InChI is InChI=1S/C20H20N2O3S/c1-13-8-9-17(19-10-14(2)21-25-19)12-20(13)26(23,24)22-15(3)11-16-6-4-5-7-18(16)22/h4-10,12,15H,11H2,1-3H3/t15-/m1/s1. The highest BCUT2D eigenvalue weighted by Gasteiger charge is 2.36. The van der Waals surface area contributed by atoms with Gasteiger partial charge in [0.1, 0.15) is 0 Å². The maximum atomic E-state index is 13.5. The van der Waals surface area contributed by atoms with Crippen LogP contribution >= 0.6 is 0 Å². The van der Waals surface area contributed by atoms with Gasteiger partial charge in [0.2, 0.25) is 0 Å². The first-order valence-electron chi connectivity index (χ1n) is 8.54. The maximum absolute atomic E-state index is 13.5. The minimum atomic E-state index is -3.68. The summed E-state index contributed by atoms with van der Waals surface area (Å²) in [4.78, 5) is 0.299. The Bertz CT molecular complexity index is 1090. The van der Waals surface area contributed by atoms with Crippen molar-refractivity contribution in [2.75, 3.05) is 4.31 Å². The molecule has 6 heteroatoms. The van der Waals surface area contributed by atoms with E-state index in [2.05, 4.69) is 5.16 Å². The van der Waals surface area contributed by atoms with Crippen LogP contribution in [0.1, 0.15) is 23.7 Å². The van der Waals surface area contributed by atoms with E-state index in [1.807, 2.05) is 57.2 Å². The first-order chi connectivity index (χ1) is 12.4. The number of anilines is 1. The van der Waals surface area contributed by atoms with Crippen LogP contribution in [0.4, 0.5) is 5.69 Å². The molecule has 0 fully saturated rings. The second-order valence-electron chi connectivity index (χ2n) is 6.80. The van der Waals surface area contributed by atoms with Crippen LogP contribution in [0.2, 0.25) is 0 Å². The fraction of sp³-hybridized carbons (Fsp3) is 0.250. The van der Waals surface area contributed by atoms with Gasteiger partial charge >= 0.3 is 0 Å². The first-order valence-corrected chi connectivity index (χ1v) is 9.98. The molecule has 0 saturated heterocycles. The zero-order valence-electron chi connectivity index (χ0n) is 14.9. The zero-order valence-corrected chi connectivity index (χ0v) is 15.7. The third-order valence-electron chi connectivity index (χ3n) is 4.78.